The highest BCUT2D eigenvalue weighted by Gasteiger charge is 2.18. The van der Waals surface area contributed by atoms with Crippen LogP contribution in [0.15, 0.2) is 0 Å². The van der Waals surface area contributed by atoms with Crippen molar-refractivity contribution in [1.82, 2.24) is 15.2 Å². The molecule has 0 atom stereocenters. The summed E-state index contributed by atoms with van der Waals surface area (Å²) in [5, 5.41) is 0.579. The van der Waals surface area contributed by atoms with Crippen molar-refractivity contribution in [3.05, 3.63) is 0 Å². The largest absolute Gasteiger partial charge is 0.466 e. The van der Waals surface area contributed by atoms with Gasteiger partial charge in [-0.1, -0.05) is 0 Å². The molecular weight excluding hydrogens is 240 g/mol. The van der Waals surface area contributed by atoms with Crippen LogP contribution in [-0.2, 0) is 9.53 Å². The number of ether oxygens (including phenoxy) is 1. The molecule has 0 unspecified atom stereocenters. The monoisotopic (exact) mass is 260 g/mol. The normalized spacial score (nSPS) is 16.7. The standard InChI is InChI=1S/C10H20N4O2S/c1-2-16-9(15)3-4-13-5-7-14(8-6-13)10(17)12-11/h2-8,11H2,1H3,(H,12,17). The van der Waals surface area contributed by atoms with Crippen LogP contribution in [0, 0.1) is 0 Å². The van der Waals surface area contributed by atoms with E-state index in [9.17, 15) is 4.79 Å². The van der Waals surface area contributed by atoms with E-state index in [0.717, 1.165) is 32.7 Å². The minimum absolute atomic E-state index is 0.130. The highest BCUT2D eigenvalue weighted by atomic mass is 32.1. The van der Waals surface area contributed by atoms with Crippen LogP contribution in [0.4, 0.5) is 0 Å². The molecule has 1 rings (SSSR count). The smallest absolute Gasteiger partial charge is 0.307 e. The number of carbonyl (C=O) groups excluding carboxylic acids is 1. The van der Waals surface area contributed by atoms with Crippen molar-refractivity contribution in [2.75, 3.05) is 39.3 Å². The zero-order valence-electron chi connectivity index (χ0n) is 10.1. The number of nitrogens with two attached hydrogens (primary N) is 1. The fraction of sp³-hybridized carbons (Fsp3) is 0.800. The van der Waals surface area contributed by atoms with Crippen LogP contribution >= 0.6 is 12.2 Å². The molecule has 0 spiro atoms. The number of hydrazine groups is 1. The van der Waals surface area contributed by atoms with E-state index < -0.39 is 0 Å². The van der Waals surface area contributed by atoms with Crippen LogP contribution in [-0.4, -0.2) is 60.2 Å². The van der Waals surface area contributed by atoms with Gasteiger partial charge in [0.15, 0.2) is 5.11 Å². The summed E-state index contributed by atoms with van der Waals surface area (Å²) in [6.07, 6.45) is 0.452. The molecule has 17 heavy (non-hydrogen) atoms. The molecule has 0 radical (unpaired) electrons. The molecule has 0 aliphatic carbocycles. The lowest BCUT2D eigenvalue weighted by atomic mass is 10.3. The molecule has 1 aliphatic rings. The number of esters is 1. The van der Waals surface area contributed by atoms with Gasteiger partial charge in [0.25, 0.3) is 0 Å². The van der Waals surface area contributed by atoms with Crippen molar-refractivity contribution in [2.24, 2.45) is 5.84 Å². The van der Waals surface area contributed by atoms with Gasteiger partial charge in [-0.05, 0) is 19.1 Å². The summed E-state index contributed by atoms with van der Waals surface area (Å²) in [5.74, 6) is 5.13. The average molecular weight is 260 g/mol. The SMILES string of the molecule is CCOC(=O)CCN1CCN(C(=S)NN)CC1. The first-order chi connectivity index (χ1) is 8.17. The van der Waals surface area contributed by atoms with E-state index >= 15 is 0 Å². The van der Waals surface area contributed by atoms with Crippen LogP contribution in [0.1, 0.15) is 13.3 Å². The highest BCUT2D eigenvalue weighted by molar-refractivity contribution is 7.80. The summed E-state index contributed by atoms with van der Waals surface area (Å²) in [6, 6.07) is 0. The van der Waals surface area contributed by atoms with Gasteiger partial charge in [0.1, 0.15) is 0 Å². The van der Waals surface area contributed by atoms with Crippen LogP contribution in [0.2, 0.25) is 0 Å². The Morgan fingerprint density at radius 2 is 2.06 bits per heavy atom. The Kier molecular flexibility index (Phi) is 6.17. The maximum Gasteiger partial charge on any atom is 0.307 e. The van der Waals surface area contributed by atoms with Crippen LogP contribution in [0.5, 0.6) is 0 Å². The Labute approximate surface area is 107 Å². The summed E-state index contributed by atoms with van der Waals surface area (Å²) in [6.45, 7) is 6.47. The fourth-order valence-electron chi connectivity index (χ4n) is 1.75. The second-order valence-corrected chi connectivity index (χ2v) is 4.22. The first-order valence-corrected chi connectivity index (χ1v) is 6.21. The molecule has 6 nitrogen and oxygen atoms in total. The van der Waals surface area contributed by atoms with Crippen molar-refractivity contribution in [1.29, 1.82) is 0 Å². The van der Waals surface area contributed by atoms with E-state index in [2.05, 4.69) is 10.3 Å². The van der Waals surface area contributed by atoms with Gasteiger partial charge >= 0.3 is 5.97 Å². The first-order valence-electron chi connectivity index (χ1n) is 5.81. The number of hydrogen-bond acceptors (Lipinski definition) is 5. The van der Waals surface area contributed by atoms with Crippen molar-refractivity contribution < 1.29 is 9.53 Å². The van der Waals surface area contributed by atoms with Crippen LogP contribution in [0.25, 0.3) is 0 Å². The molecule has 0 bridgehead atoms. The van der Waals surface area contributed by atoms with Crippen molar-refractivity contribution in [2.45, 2.75) is 13.3 Å². The lowest BCUT2D eigenvalue weighted by molar-refractivity contribution is -0.143. The molecule has 1 saturated heterocycles. The Morgan fingerprint density at radius 1 is 1.41 bits per heavy atom. The first kappa shape index (κ1) is 14.1. The summed E-state index contributed by atoms with van der Waals surface area (Å²) in [7, 11) is 0. The van der Waals surface area contributed by atoms with Gasteiger partial charge in [-0.2, -0.15) is 0 Å². The summed E-state index contributed by atoms with van der Waals surface area (Å²) in [4.78, 5) is 15.5. The zero-order valence-corrected chi connectivity index (χ0v) is 11.0. The van der Waals surface area contributed by atoms with Gasteiger partial charge in [0.05, 0.1) is 13.0 Å². The highest BCUT2D eigenvalue weighted by Crippen LogP contribution is 2.03. The van der Waals surface area contributed by atoms with E-state index in [1.54, 1.807) is 0 Å². The molecular formula is C10H20N4O2S. The molecule has 0 aromatic heterocycles. The predicted molar refractivity (Wildman–Crippen MR) is 69.2 cm³/mol. The molecule has 1 fully saturated rings. The van der Waals surface area contributed by atoms with Crippen molar-refractivity contribution >= 4 is 23.3 Å². The maximum atomic E-state index is 11.2. The lowest BCUT2D eigenvalue weighted by Crippen LogP contribution is -2.53. The second-order valence-electron chi connectivity index (χ2n) is 3.83. The van der Waals surface area contributed by atoms with E-state index in [1.165, 1.54) is 0 Å². The van der Waals surface area contributed by atoms with E-state index in [1.807, 2.05) is 11.8 Å². The number of rotatable bonds is 4. The molecule has 1 aliphatic heterocycles. The predicted octanol–water partition coefficient (Wildman–Crippen LogP) is -0.695. The number of thiocarbonyl (C=S) groups is 1. The van der Waals surface area contributed by atoms with Gasteiger partial charge in [-0.15, -0.1) is 0 Å². The Morgan fingerprint density at radius 3 is 2.59 bits per heavy atom. The molecule has 3 N–H and O–H groups in total. The van der Waals surface area contributed by atoms with Crippen molar-refractivity contribution in [3.8, 4) is 0 Å². The third-order valence-electron chi connectivity index (χ3n) is 2.72. The van der Waals surface area contributed by atoms with Crippen LogP contribution in [0.3, 0.4) is 0 Å². The number of hydrogen-bond donors (Lipinski definition) is 2. The van der Waals surface area contributed by atoms with Gasteiger partial charge in [0.2, 0.25) is 0 Å². The third kappa shape index (κ3) is 4.84. The quantitative estimate of drug-likeness (QED) is 0.300. The topological polar surface area (TPSA) is 70.8 Å². The van der Waals surface area contributed by atoms with E-state index in [4.69, 9.17) is 22.8 Å². The molecule has 98 valence electrons. The minimum Gasteiger partial charge on any atom is -0.466 e. The van der Waals surface area contributed by atoms with Crippen molar-refractivity contribution in [3.63, 3.8) is 0 Å². The molecule has 7 heteroatoms. The molecule has 0 aromatic carbocycles. The third-order valence-corrected chi connectivity index (χ3v) is 3.10. The maximum absolute atomic E-state index is 11.2. The number of piperazine rings is 1. The number of nitrogens with zero attached hydrogens (tertiary/aromatic N) is 2. The van der Waals surface area contributed by atoms with Gasteiger partial charge in [-0.25, -0.2) is 5.84 Å². The molecule has 0 saturated carbocycles. The zero-order chi connectivity index (χ0) is 12.7. The number of carbonyl (C=O) groups is 1. The minimum atomic E-state index is -0.130. The number of nitrogens with one attached hydrogen (secondary N) is 1. The summed E-state index contributed by atoms with van der Waals surface area (Å²) >= 11 is 5.05. The molecule has 0 amide bonds. The van der Waals surface area contributed by atoms with Gasteiger partial charge in [-0.3, -0.25) is 9.69 Å². The van der Waals surface area contributed by atoms with Gasteiger partial charge in [0, 0.05) is 32.7 Å². The fourth-order valence-corrected chi connectivity index (χ4v) is 1.93. The Balaban J connectivity index is 2.19. The molecule has 0 aromatic rings. The van der Waals surface area contributed by atoms with Gasteiger partial charge < -0.3 is 15.1 Å². The molecule has 1 heterocycles. The van der Waals surface area contributed by atoms with E-state index in [-0.39, 0.29) is 5.97 Å². The summed E-state index contributed by atoms with van der Waals surface area (Å²) in [5.41, 5.74) is 2.48. The Hall–Kier alpha value is -0.920. The van der Waals surface area contributed by atoms with Crippen LogP contribution < -0.4 is 11.3 Å². The summed E-state index contributed by atoms with van der Waals surface area (Å²) < 4.78 is 4.89. The van der Waals surface area contributed by atoms with E-state index in [0.29, 0.717) is 18.1 Å². The second kappa shape index (κ2) is 7.41. The Bertz CT molecular complexity index is 267. The lowest BCUT2D eigenvalue weighted by Gasteiger charge is -2.35. The average Bonchev–Trinajstić information content (AvgIpc) is 2.36.